The third-order valence-corrected chi connectivity index (χ3v) is 4.88. The fourth-order valence-electron chi connectivity index (χ4n) is 3.25. The van der Waals surface area contributed by atoms with Crippen LogP contribution in [0.5, 0.6) is 0 Å². The van der Waals surface area contributed by atoms with Crippen LogP contribution >= 0.6 is 11.6 Å². The molecule has 2 fully saturated rings. The second-order valence-electron chi connectivity index (χ2n) is 5.52. The van der Waals surface area contributed by atoms with Crippen molar-refractivity contribution in [2.24, 2.45) is 5.41 Å². The van der Waals surface area contributed by atoms with E-state index in [4.69, 9.17) is 17.3 Å². The van der Waals surface area contributed by atoms with Crippen LogP contribution in [0, 0.1) is 5.41 Å². The summed E-state index contributed by atoms with van der Waals surface area (Å²) < 4.78 is 0. The summed E-state index contributed by atoms with van der Waals surface area (Å²) in [4.78, 5) is 2.36. The van der Waals surface area contributed by atoms with E-state index in [1.165, 1.54) is 32.1 Å². The van der Waals surface area contributed by atoms with Crippen LogP contribution < -0.4 is 10.6 Å². The maximum Gasteiger partial charge on any atom is 0.0789 e. The van der Waals surface area contributed by atoms with Gasteiger partial charge in [-0.3, -0.25) is 0 Å². The molecule has 1 aliphatic heterocycles. The van der Waals surface area contributed by atoms with Gasteiger partial charge < -0.3 is 10.6 Å². The molecule has 0 bridgehead atoms. The first kappa shape index (κ1) is 11.2. The molecule has 0 amide bonds. The Morgan fingerprint density at radius 3 is 2.35 bits per heavy atom. The summed E-state index contributed by atoms with van der Waals surface area (Å²) in [7, 11) is 0. The number of nitrogens with zero attached hydrogens (tertiary/aromatic N) is 1. The molecule has 1 spiro atoms. The number of anilines is 2. The third kappa shape index (κ3) is 1.89. The van der Waals surface area contributed by atoms with Crippen molar-refractivity contribution >= 4 is 23.0 Å². The van der Waals surface area contributed by atoms with E-state index in [1.807, 2.05) is 18.2 Å². The minimum atomic E-state index is 0.673. The molecule has 2 aliphatic rings. The first-order chi connectivity index (χ1) is 8.20. The maximum atomic E-state index is 6.26. The fourth-order valence-corrected chi connectivity index (χ4v) is 3.55. The van der Waals surface area contributed by atoms with Crippen LogP contribution in [0.2, 0.25) is 5.02 Å². The Kier molecular flexibility index (Phi) is 2.70. The molecular formula is C14H19ClN2. The van der Waals surface area contributed by atoms with Gasteiger partial charge in [0.05, 0.1) is 16.4 Å². The van der Waals surface area contributed by atoms with E-state index in [0.717, 1.165) is 29.5 Å². The summed E-state index contributed by atoms with van der Waals surface area (Å²) in [5.74, 6) is 0. The van der Waals surface area contributed by atoms with Crippen molar-refractivity contribution in [3.8, 4) is 0 Å². The smallest absolute Gasteiger partial charge is 0.0789 e. The largest absolute Gasteiger partial charge is 0.397 e. The highest BCUT2D eigenvalue weighted by Crippen LogP contribution is 2.50. The van der Waals surface area contributed by atoms with Gasteiger partial charge in [-0.2, -0.15) is 0 Å². The molecule has 1 saturated heterocycles. The Balaban J connectivity index is 1.78. The lowest BCUT2D eigenvalue weighted by Gasteiger charge is -2.48. The Bertz CT molecular complexity index is 396. The molecule has 2 nitrogen and oxygen atoms in total. The zero-order chi connectivity index (χ0) is 11.9. The van der Waals surface area contributed by atoms with Gasteiger partial charge in [-0.15, -0.1) is 0 Å². The highest BCUT2D eigenvalue weighted by Gasteiger charge is 2.39. The number of nitrogens with two attached hydrogens (primary N) is 1. The van der Waals surface area contributed by atoms with Crippen molar-refractivity contribution in [1.29, 1.82) is 0 Å². The molecule has 0 radical (unpaired) electrons. The second kappa shape index (κ2) is 4.09. The topological polar surface area (TPSA) is 29.3 Å². The molecule has 1 aromatic carbocycles. The van der Waals surface area contributed by atoms with E-state index in [0.29, 0.717) is 5.41 Å². The molecule has 0 aromatic heterocycles. The number of nitrogen functional groups attached to an aromatic ring is 1. The summed E-state index contributed by atoms with van der Waals surface area (Å²) in [6.07, 6.45) is 6.89. The van der Waals surface area contributed by atoms with E-state index >= 15 is 0 Å². The number of rotatable bonds is 1. The van der Waals surface area contributed by atoms with Crippen LogP contribution in [-0.2, 0) is 0 Å². The van der Waals surface area contributed by atoms with Crippen molar-refractivity contribution in [2.75, 3.05) is 23.7 Å². The maximum absolute atomic E-state index is 6.26. The summed E-state index contributed by atoms with van der Waals surface area (Å²) in [5, 5.41) is 0.787. The summed E-state index contributed by atoms with van der Waals surface area (Å²) >= 11 is 6.26. The lowest BCUT2D eigenvalue weighted by atomic mass is 9.63. The molecule has 1 aromatic rings. The Hall–Kier alpha value is -0.890. The molecular weight excluding hydrogens is 232 g/mol. The van der Waals surface area contributed by atoms with Crippen LogP contribution in [-0.4, -0.2) is 13.1 Å². The normalized spacial score (nSPS) is 22.5. The zero-order valence-corrected chi connectivity index (χ0v) is 10.8. The van der Waals surface area contributed by atoms with Crippen LogP contribution in [0.4, 0.5) is 11.4 Å². The highest BCUT2D eigenvalue weighted by atomic mass is 35.5. The van der Waals surface area contributed by atoms with Crippen LogP contribution in [0.25, 0.3) is 0 Å². The second-order valence-corrected chi connectivity index (χ2v) is 5.93. The molecule has 1 saturated carbocycles. The quantitative estimate of drug-likeness (QED) is 0.771. The first-order valence-corrected chi connectivity index (χ1v) is 6.87. The van der Waals surface area contributed by atoms with E-state index in [9.17, 15) is 0 Å². The third-order valence-electron chi connectivity index (χ3n) is 4.57. The average molecular weight is 251 g/mol. The van der Waals surface area contributed by atoms with Crippen molar-refractivity contribution in [3.63, 3.8) is 0 Å². The lowest BCUT2D eigenvalue weighted by molar-refractivity contribution is 0.0955. The van der Waals surface area contributed by atoms with E-state index in [-0.39, 0.29) is 0 Å². The minimum Gasteiger partial charge on any atom is -0.397 e. The number of hydrogen-bond donors (Lipinski definition) is 1. The van der Waals surface area contributed by atoms with Crippen molar-refractivity contribution < 1.29 is 0 Å². The number of piperidine rings is 1. The first-order valence-electron chi connectivity index (χ1n) is 6.49. The number of benzene rings is 1. The molecule has 92 valence electrons. The average Bonchev–Trinajstić information content (AvgIpc) is 2.28. The van der Waals surface area contributed by atoms with Gasteiger partial charge in [0.15, 0.2) is 0 Å². The van der Waals surface area contributed by atoms with Crippen LogP contribution in [0.1, 0.15) is 32.1 Å². The van der Waals surface area contributed by atoms with Crippen LogP contribution in [0.15, 0.2) is 18.2 Å². The molecule has 0 atom stereocenters. The monoisotopic (exact) mass is 250 g/mol. The van der Waals surface area contributed by atoms with Gasteiger partial charge in [0.25, 0.3) is 0 Å². The molecule has 17 heavy (non-hydrogen) atoms. The van der Waals surface area contributed by atoms with Gasteiger partial charge in [0.2, 0.25) is 0 Å². The van der Waals surface area contributed by atoms with Crippen molar-refractivity contribution in [1.82, 2.24) is 0 Å². The van der Waals surface area contributed by atoms with Gasteiger partial charge in [-0.1, -0.05) is 24.1 Å². The lowest BCUT2D eigenvalue weighted by Crippen LogP contribution is -2.43. The van der Waals surface area contributed by atoms with Crippen molar-refractivity contribution in [2.45, 2.75) is 32.1 Å². The van der Waals surface area contributed by atoms with E-state index in [2.05, 4.69) is 4.90 Å². The molecule has 2 N–H and O–H groups in total. The SMILES string of the molecule is Nc1cccc(Cl)c1N1CCC2(CCC2)CC1. The molecule has 3 heteroatoms. The summed E-state index contributed by atoms with van der Waals surface area (Å²) in [5.41, 5.74) is 8.57. The number of para-hydroxylation sites is 1. The summed E-state index contributed by atoms with van der Waals surface area (Å²) in [6, 6.07) is 5.79. The number of halogens is 1. The van der Waals surface area contributed by atoms with E-state index < -0.39 is 0 Å². The summed E-state index contributed by atoms with van der Waals surface area (Å²) in [6.45, 7) is 2.21. The standard InChI is InChI=1S/C14H19ClN2/c15-11-3-1-4-12(16)13(11)17-9-7-14(8-10-17)5-2-6-14/h1,3-4H,2,5-10,16H2. The van der Waals surface area contributed by atoms with Crippen molar-refractivity contribution in [3.05, 3.63) is 23.2 Å². The molecule has 0 unspecified atom stereocenters. The molecule has 3 rings (SSSR count). The fraction of sp³-hybridized carbons (Fsp3) is 0.571. The van der Waals surface area contributed by atoms with Crippen LogP contribution in [0.3, 0.4) is 0 Å². The Labute approximate surface area is 108 Å². The van der Waals surface area contributed by atoms with Gasteiger partial charge in [-0.05, 0) is 43.2 Å². The predicted molar refractivity (Wildman–Crippen MR) is 73.6 cm³/mol. The Morgan fingerprint density at radius 1 is 1.12 bits per heavy atom. The van der Waals surface area contributed by atoms with Gasteiger partial charge >= 0.3 is 0 Å². The Morgan fingerprint density at radius 2 is 1.82 bits per heavy atom. The number of hydrogen-bond acceptors (Lipinski definition) is 2. The van der Waals surface area contributed by atoms with Gasteiger partial charge in [0.1, 0.15) is 0 Å². The highest BCUT2D eigenvalue weighted by molar-refractivity contribution is 6.34. The minimum absolute atomic E-state index is 0.673. The van der Waals surface area contributed by atoms with Gasteiger partial charge in [-0.25, -0.2) is 0 Å². The molecule has 1 heterocycles. The zero-order valence-electron chi connectivity index (χ0n) is 10.1. The van der Waals surface area contributed by atoms with E-state index in [1.54, 1.807) is 0 Å². The predicted octanol–water partition coefficient (Wildman–Crippen LogP) is 3.69. The van der Waals surface area contributed by atoms with Gasteiger partial charge in [0, 0.05) is 13.1 Å². The molecule has 1 aliphatic carbocycles.